The number of hydrogen-bond donors (Lipinski definition) is 0. The third-order valence-electron chi connectivity index (χ3n) is 3.32. The van der Waals surface area contributed by atoms with Crippen molar-refractivity contribution in [2.75, 3.05) is 13.1 Å². The SMILES string of the molecule is Cc1cccnc1CN1CCC(C=O)CC1. The molecule has 0 unspecified atom stereocenters. The summed E-state index contributed by atoms with van der Waals surface area (Å²) in [5.74, 6) is 0.279. The Bertz CT molecular complexity index is 357. The molecule has 1 aromatic rings. The Hall–Kier alpha value is -1.22. The van der Waals surface area contributed by atoms with E-state index in [1.165, 1.54) is 5.56 Å². The highest BCUT2D eigenvalue weighted by Crippen LogP contribution is 2.17. The van der Waals surface area contributed by atoms with Gasteiger partial charge in [-0.05, 0) is 44.5 Å². The number of pyridine rings is 1. The molecule has 0 aromatic carbocycles. The van der Waals surface area contributed by atoms with Gasteiger partial charge >= 0.3 is 0 Å². The van der Waals surface area contributed by atoms with Gasteiger partial charge in [-0.25, -0.2) is 0 Å². The van der Waals surface area contributed by atoms with Crippen LogP contribution in [0.15, 0.2) is 18.3 Å². The van der Waals surface area contributed by atoms with E-state index in [-0.39, 0.29) is 5.92 Å². The third-order valence-corrected chi connectivity index (χ3v) is 3.32. The van der Waals surface area contributed by atoms with Gasteiger partial charge in [-0.1, -0.05) is 6.07 Å². The number of aldehydes is 1. The Morgan fingerprint density at radius 2 is 2.25 bits per heavy atom. The summed E-state index contributed by atoms with van der Waals surface area (Å²) in [5, 5.41) is 0. The number of piperidine rings is 1. The Morgan fingerprint density at radius 3 is 2.88 bits per heavy atom. The molecule has 0 atom stereocenters. The topological polar surface area (TPSA) is 33.2 Å². The predicted molar refractivity (Wildman–Crippen MR) is 63.0 cm³/mol. The summed E-state index contributed by atoms with van der Waals surface area (Å²) in [4.78, 5) is 17.4. The van der Waals surface area contributed by atoms with E-state index in [9.17, 15) is 4.79 Å². The Kier molecular flexibility index (Phi) is 3.67. The van der Waals surface area contributed by atoms with Gasteiger partial charge in [0.25, 0.3) is 0 Å². The third kappa shape index (κ3) is 2.67. The van der Waals surface area contributed by atoms with Gasteiger partial charge in [-0.3, -0.25) is 9.88 Å². The van der Waals surface area contributed by atoms with Gasteiger partial charge < -0.3 is 4.79 Å². The number of aryl methyl sites for hydroxylation is 1. The smallest absolute Gasteiger partial charge is 0.123 e. The van der Waals surface area contributed by atoms with Gasteiger partial charge in [0.2, 0.25) is 0 Å². The minimum Gasteiger partial charge on any atom is -0.303 e. The van der Waals surface area contributed by atoms with Crippen molar-refractivity contribution >= 4 is 6.29 Å². The molecular formula is C13H18N2O. The number of carbonyl (C=O) groups excluding carboxylic acids is 1. The Labute approximate surface area is 96.5 Å². The van der Waals surface area contributed by atoms with Crippen LogP contribution in [0.4, 0.5) is 0 Å². The second-order valence-corrected chi connectivity index (χ2v) is 4.52. The van der Waals surface area contributed by atoms with E-state index in [0.717, 1.165) is 44.5 Å². The molecule has 0 radical (unpaired) electrons. The minimum atomic E-state index is 0.279. The van der Waals surface area contributed by atoms with Crippen LogP contribution in [0.2, 0.25) is 0 Å². The first-order chi connectivity index (χ1) is 7.79. The Balaban J connectivity index is 1.92. The van der Waals surface area contributed by atoms with Crippen LogP contribution in [0.3, 0.4) is 0 Å². The van der Waals surface area contributed by atoms with E-state index in [2.05, 4.69) is 22.9 Å². The quantitative estimate of drug-likeness (QED) is 0.725. The van der Waals surface area contributed by atoms with Crippen LogP contribution < -0.4 is 0 Å². The van der Waals surface area contributed by atoms with Gasteiger partial charge in [0, 0.05) is 18.7 Å². The molecule has 1 aliphatic heterocycles. The molecule has 16 heavy (non-hydrogen) atoms. The molecule has 0 amide bonds. The molecule has 2 rings (SSSR count). The number of rotatable bonds is 3. The molecule has 2 heterocycles. The van der Waals surface area contributed by atoms with Gasteiger partial charge in [0.15, 0.2) is 0 Å². The molecule has 1 aromatic heterocycles. The molecule has 1 aliphatic rings. The summed E-state index contributed by atoms with van der Waals surface area (Å²) in [6.07, 6.45) is 4.94. The molecule has 3 heteroatoms. The summed E-state index contributed by atoms with van der Waals surface area (Å²) in [5.41, 5.74) is 2.41. The van der Waals surface area contributed by atoms with Gasteiger partial charge in [0.1, 0.15) is 6.29 Å². The zero-order chi connectivity index (χ0) is 11.4. The van der Waals surface area contributed by atoms with Crippen molar-refractivity contribution in [2.24, 2.45) is 5.92 Å². The van der Waals surface area contributed by atoms with Crippen molar-refractivity contribution in [3.8, 4) is 0 Å². The first-order valence-corrected chi connectivity index (χ1v) is 5.87. The summed E-state index contributed by atoms with van der Waals surface area (Å²) in [6, 6.07) is 4.07. The molecule has 0 bridgehead atoms. The first kappa shape index (κ1) is 11.3. The molecule has 0 aliphatic carbocycles. The zero-order valence-electron chi connectivity index (χ0n) is 9.72. The molecule has 0 N–H and O–H groups in total. The number of hydrogen-bond acceptors (Lipinski definition) is 3. The monoisotopic (exact) mass is 218 g/mol. The molecule has 1 fully saturated rings. The molecule has 0 saturated carbocycles. The fourth-order valence-corrected chi connectivity index (χ4v) is 2.14. The van der Waals surface area contributed by atoms with Crippen LogP contribution >= 0.6 is 0 Å². The molecule has 1 saturated heterocycles. The van der Waals surface area contributed by atoms with Gasteiger partial charge in [-0.2, -0.15) is 0 Å². The van der Waals surface area contributed by atoms with Crippen LogP contribution in [0, 0.1) is 12.8 Å². The normalized spacial score (nSPS) is 18.6. The number of nitrogens with zero attached hydrogens (tertiary/aromatic N) is 2. The van der Waals surface area contributed by atoms with E-state index in [4.69, 9.17) is 0 Å². The lowest BCUT2D eigenvalue weighted by Crippen LogP contribution is -2.34. The number of carbonyl (C=O) groups is 1. The summed E-state index contributed by atoms with van der Waals surface area (Å²) in [7, 11) is 0. The largest absolute Gasteiger partial charge is 0.303 e. The fourth-order valence-electron chi connectivity index (χ4n) is 2.14. The van der Waals surface area contributed by atoms with Crippen LogP contribution in [0.1, 0.15) is 24.1 Å². The van der Waals surface area contributed by atoms with Crippen molar-refractivity contribution in [1.29, 1.82) is 0 Å². The van der Waals surface area contributed by atoms with Crippen LogP contribution in [-0.2, 0) is 11.3 Å². The lowest BCUT2D eigenvalue weighted by atomic mass is 9.98. The summed E-state index contributed by atoms with van der Waals surface area (Å²) in [6.45, 7) is 5.04. The van der Waals surface area contributed by atoms with E-state index < -0.39 is 0 Å². The van der Waals surface area contributed by atoms with Crippen molar-refractivity contribution in [3.63, 3.8) is 0 Å². The molecule has 0 spiro atoms. The summed E-state index contributed by atoms with van der Waals surface area (Å²) >= 11 is 0. The van der Waals surface area contributed by atoms with E-state index in [1.54, 1.807) is 0 Å². The van der Waals surface area contributed by atoms with E-state index >= 15 is 0 Å². The highest BCUT2D eigenvalue weighted by molar-refractivity contribution is 5.53. The molecular weight excluding hydrogens is 200 g/mol. The second kappa shape index (κ2) is 5.21. The Morgan fingerprint density at radius 1 is 1.50 bits per heavy atom. The maximum absolute atomic E-state index is 10.6. The van der Waals surface area contributed by atoms with Crippen LogP contribution in [-0.4, -0.2) is 29.3 Å². The second-order valence-electron chi connectivity index (χ2n) is 4.52. The number of likely N-dealkylation sites (tertiary alicyclic amines) is 1. The van der Waals surface area contributed by atoms with Crippen molar-refractivity contribution in [1.82, 2.24) is 9.88 Å². The lowest BCUT2D eigenvalue weighted by Gasteiger charge is -2.29. The lowest BCUT2D eigenvalue weighted by molar-refractivity contribution is -0.112. The molecule has 86 valence electrons. The van der Waals surface area contributed by atoms with Gasteiger partial charge in [-0.15, -0.1) is 0 Å². The van der Waals surface area contributed by atoms with Crippen LogP contribution in [0.5, 0.6) is 0 Å². The van der Waals surface area contributed by atoms with E-state index in [1.807, 2.05) is 12.3 Å². The fraction of sp³-hybridized carbons (Fsp3) is 0.538. The standard InChI is InChI=1S/C13H18N2O/c1-11-3-2-6-14-13(11)9-15-7-4-12(10-16)5-8-15/h2-3,6,10,12H,4-5,7-9H2,1H3. The van der Waals surface area contributed by atoms with E-state index in [0.29, 0.717) is 0 Å². The molecule has 3 nitrogen and oxygen atoms in total. The zero-order valence-corrected chi connectivity index (χ0v) is 9.72. The van der Waals surface area contributed by atoms with Crippen molar-refractivity contribution < 1.29 is 4.79 Å². The highest BCUT2D eigenvalue weighted by Gasteiger charge is 2.18. The maximum Gasteiger partial charge on any atom is 0.123 e. The minimum absolute atomic E-state index is 0.279. The average Bonchev–Trinajstić information content (AvgIpc) is 2.33. The first-order valence-electron chi connectivity index (χ1n) is 5.87. The maximum atomic E-state index is 10.6. The van der Waals surface area contributed by atoms with Gasteiger partial charge in [0.05, 0.1) is 5.69 Å². The summed E-state index contributed by atoms with van der Waals surface area (Å²) < 4.78 is 0. The van der Waals surface area contributed by atoms with Crippen molar-refractivity contribution in [2.45, 2.75) is 26.3 Å². The average molecular weight is 218 g/mol. The predicted octanol–water partition coefficient (Wildman–Crippen LogP) is 1.80. The van der Waals surface area contributed by atoms with Crippen molar-refractivity contribution in [3.05, 3.63) is 29.6 Å². The highest BCUT2D eigenvalue weighted by atomic mass is 16.1. The van der Waals surface area contributed by atoms with Crippen LogP contribution in [0.25, 0.3) is 0 Å². The number of aromatic nitrogens is 1.